The van der Waals surface area contributed by atoms with Crippen LogP contribution in [0.5, 0.6) is 0 Å². The van der Waals surface area contributed by atoms with Gasteiger partial charge in [0, 0.05) is 12.1 Å². The number of carbonyl (C=O) groups is 1. The van der Waals surface area contributed by atoms with Gasteiger partial charge in [0.05, 0.1) is 16.2 Å². The zero-order valence-corrected chi connectivity index (χ0v) is 17.4. The summed E-state index contributed by atoms with van der Waals surface area (Å²) in [5.41, 5.74) is 0.643. The number of para-hydroxylation sites is 1. The Morgan fingerprint density at radius 2 is 2.10 bits per heavy atom. The molecule has 0 radical (unpaired) electrons. The summed E-state index contributed by atoms with van der Waals surface area (Å²) in [5.74, 6) is 0.852. The Morgan fingerprint density at radius 3 is 2.79 bits per heavy atom. The lowest BCUT2D eigenvalue weighted by Crippen LogP contribution is -2.29. The number of carbonyl (C=O) groups excluding carboxylic acids is 1. The molecular formula is C21H24N4O3S. The van der Waals surface area contributed by atoms with Gasteiger partial charge in [0.25, 0.3) is 5.56 Å². The van der Waals surface area contributed by atoms with Gasteiger partial charge in [-0.15, -0.1) is 0 Å². The van der Waals surface area contributed by atoms with Crippen LogP contribution in [-0.2, 0) is 4.79 Å². The maximum Gasteiger partial charge on any atom is 0.262 e. The maximum atomic E-state index is 13.3. The van der Waals surface area contributed by atoms with Crippen molar-refractivity contribution in [3.05, 3.63) is 46.4 Å². The number of fused-ring (bicyclic) bond motifs is 1. The van der Waals surface area contributed by atoms with E-state index >= 15 is 0 Å². The second-order valence-electron chi connectivity index (χ2n) is 7.35. The molecule has 8 heteroatoms. The average Bonchev–Trinajstić information content (AvgIpc) is 3.38. The van der Waals surface area contributed by atoms with Crippen LogP contribution in [0.2, 0.25) is 0 Å². The first kappa shape index (κ1) is 19.7. The Hall–Kier alpha value is -2.61. The van der Waals surface area contributed by atoms with E-state index in [9.17, 15) is 9.59 Å². The third-order valence-electron chi connectivity index (χ3n) is 5.26. The monoisotopic (exact) mass is 412 g/mol. The Kier molecular flexibility index (Phi) is 5.71. The molecule has 1 amide bonds. The minimum absolute atomic E-state index is 0.0209. The number of anilines is 1. The molecule has 2 aromatic heterocycles. The van der Waals surface area contributed by atoms with Crippen LogP contribution in [0.3, 0.4) is 0 Å². The van der Waals surface area contributed by atoms with Gasteiger partial charge in [0.1, 0.15) is 5.76 Å². The van der Waals surface area contributed by atoms with E-state index < -0.39 is 5.25 Å². The molecule has 3 aromatic rings. The molecule has 2 heterocycles. The first-order valence-electron chi connectivity index (χ1n) is 9.99. The fraction of sp³-hybridized carbons (Fsp3) is 0.429. The molecule has 4 rings (SSSR count). The second kappa shape index (κ2) is 8.41. The molecule has 29 heavy (non-hydrogen) atoms. The molecule has 1 saturated carbocycles. The fourth-order valence-electron chi connectivity index (χ4n) is 3.77. The quantitative estimate of drug-likeness (QED) is 0.479. The predicted octanol–water partition coefficient (Wildman–Crippen LogP) is 4.32. The number of benzene rings is 1. The number of hydrogen-bond donors (Lipinski definition) is 1. The predicted molar refractivity (Wildman–Crippen MR) is 113 cm³/mol. The largest absolute Gasteiger partial charge is 0.360 e. The topological polar surface area (TPSA) is 90.0 Å². The average molecular weight is 413 g/mol. The molecule has 1 fully saturated rings. The van der Waals surface area contributed by atoms with Crippen LogP contribution in [0.25, 0.3) is 10.9 Å². The highest BCUT2D eigenvalue weighted by Crippen LogP contribution is 2.34. The fourth-order valence-corrected chi connectivity index (χ4v) is 4.86. The molecule has 0 spiro atoms. The molecule has 1 unspecified atom stereocenters. The summed E-state index contributed by atoms with van der Waals surface area (Å²) in [5, 5.41) is 7.46. The second-order valence-corrected chi connectivity index (χ2v) is 8.52. The summed E-state index contributed by atoms with van der Waals surface area (Å²) in [6.45, 7) is 3.72. The van der Waals surface area contributed by atoms with Crippen molar-refractivity contribution in [2.45, 2.75) is 62.4 Å². The third-order valence-corrected chi connectivity index (χ3v) is 6.59. The molecule has 1 atom stereocenters. The van der Waals surface area contributed by atoms with Gasteiger partial charge in [-0.05, 0) is 38.3 Å². The summed E-state index contributed by atoms with van der Waals surface area (Å²) < 4.78 is 6.83. The number of rotatable bonds is 6. The molecule has 0 aliphatic heterocycles. The van der Waals surface area contributed by atoms with Gasteiger partial charge in [0.15, 0.2) is 11.0 Å². The van der Waals surface area contributed by atoms with Crippen LogP contribution < -0.4 is 10.9 Å². The Labute approximate surface area is 172 Å². The summed E-state index contributed by atoms with van der Waals surface area (Å²) in [6, 6.07) is 9.22. The van der Waals surface area contributed by atoms with Crippen LogP contribution >= 0.6 is 11.8 Å². The molecule has 0 bridgehead atoms. The standard InChI is InChI=1S/C21H24N4O3S/c1-3-17(19(26)23-18-12-13(2)28-24-18)29-21-22-16-11-7-6-10-15(16)20(27)25(21)14-8-4-5-9-14/h6-7,10-12,14,17H,3-5,8-9H2,1-2H3,(H,23,24,26). The van der Waals surface area contributed by atoms with Gasteiger partial charge in [-0.2, -0.15) is 0 Å². The highest BCUT2D eigenvalue weighted by molar-refractivity contribution is 8.00. The number of amides is 1. The van der Waals surface area contributed by atoms with E-state index in [1.54, 1.807) is 13.0 Å². The molecule has 1 aliphatic rings. The summed E-state index contributed by atoms with van der Waals surface area (Å²) in [7, 11) is 0. The molecule has 1 aliphatic carbocycles. The Balaban J connectivity index is 1.68. The lowest BCUT2D eigenvalue weighted by molar-refractivity contribution is -0.115. The molecule has 7 nitrogen and oxygen atoms in total. The first-order chi connectivity index (χ1) is 14.1. The van der Waals surface area contributed by atoms with E-state index in [-0.39, 0.29) is 17.5 Å². The van der Waals surface area contributed by atoms with Gasteiger partial charge in [-0.1, -0.05) is 48.8 Å². The summed E-state index contributed by atoms with van der Waals surface area (Å²) in [6.07, 6.45) is 4.75. The SMILES string of the molecule is CCC(Sc1nc2ccccc2c(=O)n1C1CCCC1)C(=O)Nc1cc(C)on1. The third kappa shape index (κ3) is 4.07. The minimum atomic E-state index is -0.396. The van der Waals surface area contributed by atoms with Crippen LogP contribution in [-0.4, -0.2) is 25.9 Å². The van der Waals surface area contributed by atoms with Crippen molar-refractivity contribution in [2.24, 2.45) is 0 Å². The van der Waals surface area contributed by atoms with Crippen molar-refractivity contribution in [3.63, 3.8) is 0 Å². The number of aromatic nitrogens is 3. The van der Waals surface area contributed by atoms with Crippen molar-refractivity contribution >= 4 is 34.4 Å². The van der Waals surface area contributed by atoms with E-state index in [1.807, 2.05) is 35.8 Å². The van der Waals surface area contributed by atoms with Crippen molar-refractivity contribution < 1.29 is 9.32 Å². The molecular weight excluding hydrogens is 388 g/mol. The number of nitrogens with zero attached hydrogens (tertiary/aromatic N) is 3. The molecule has 1 N–H and O–H groups in total. The van der Waals surface area contributed by atoms with Gasteiger partial charge in [-0.25, -0.2) is 4.98 Å². The van der Waals surface area contributed by atoms with E-state index in [0.29, 0.717) is 34.1 Å². The Bertz CT molecular complexity index is 1080. The van der Waals surface area contributed by atoms with E-state index in [4.69, 9.17) is 9.51 Å². The normalized spacial score (nSPS) is 15.7. The van der Waals surface area contributed by atoms with E-state index in [2.05, 4.69) is 10.5 Å². The lowest BCUT2D eigenvalue weighted by atomic mass is 10.2. The van der Waals surface area contributed by atoms with Gasteiger partial charge in [0.2, 0.25) is 5.91 Å². The number of hydrogen-bond acceptors (Lipinski definition) is 6. The van der Waals surface area contributed by atoms with E-state index in [0.717, 1.165) is 25.7 Å². The van der Waals surface area contributed by atoms with Crippen molar-refractivity contribution in [1.29, 1.82) is 0 Å². The lowest BCUT2D eigenvalue weighted by Gasteiger charge is -2.21. The van der Waals surface area contributed by atoms with Crippen molar-refractivity contribution in [1.82, 2.24) is 14.7 Å². The highest BCUT2D eigenvalue weighted by atomic mass is 32.2. The number of aryl methyl sites for hydroxylation is 1. The van der Waals surface area contributed by atoms with Crippen molar-refractivity contribution in [2.75, 3.05) is 5.32 Å². The summed E-state index contributed by atoms with van der Waals surface area (Å²) >= 11 is 1.35. The van der Waals surface area contributed by atoms with Crippen LogP contribution in [0.1, 0.15) is 50.8 Å². The van der Waals surface area contributed by atoms with Crippen molar-refractivity contribution in [3.8, 4) is 0 Å². The van der Waals surface area contributed by atoms with Crippen LogP contribution in [0.15, 0.2) is 44.8 Å². The van der Waals surface area contributed by atoms with Crippen LogP contribution in [0, 0.1) is 6.92 Å². The van der Waals surface area contributed by atoms with Gasteiger partial charge >= 0.3 is 0 Å². The zero-order valence-electron chi connectivity index (χ0n) is 16.6. The minimum Gasteiger partial charge on any atom is -0.360 e. The van der Waals surface area contributed by atoms with Gasteiger partial charge in [-0.3, -0.25) is 14.2 Å². The zero-order chi connectivity index (χ0) is 20.4. The number of nitrogens with one attached hydrogen (secondary N) is 1. The molecule has 152 valence electrons. The Morgan fingerprint density at radius 1 is 1.34 bits per heavy atom. The van der Waals surface area contributed by atoms with Crippen LogP contribution in [0.4, 0.5) is 5.82 Å². The molecule has 1 aromatic carbocycles. The van der Waals surface area contributed by atoms with E-state index in [1.165, 1.54) is 11.8 Å². The molecule has 0 saturated heterocycles. The highest BCUT2D eigenvalue weighted by Gasteiger charge is 2.27. The number of thioether (sulfide) groups is 1. The first-order valence-corrected chi connectivity index (χ1v) is 10.9. The maximum absolute atomic E-state index is 13.3. The summed E-state index contributed by atoms with van der Waals surface area (Å²) in [4.78, 5) is 30.8. The smallest absolute Gasteiger partial charge is 0.262 e. The van der Waals surface area contributed by atoms with Gasteiger partial charge < -0.3 is 9.84 Å².